The lowest BCUT2D eigenvalue weighted by Gasteiger charge is -2.24. The van der Waals surface area contributed by atoms with Gasteiger partial charge in [-0.1, -0.05) is 0 Å². The van der Waals surface area contributed by atoms with Gasteiger partial charge in [0, 0.05) is 44.0 Å². The third-order valence-electron chi connectivity index (χ3n) is 3.21. The van der Waals surface area contributed by atoms with Crippen LogP contribution in [-0.4, -0.2) is 28.5 Å². The maximum atomic E-state index is 11.6. The van der Waals surface area contributed by atoms with Crippen molar-refractivity contribution in [3.8, 4) is 0 Å². The summed E-state index contributed by atoms with van der Waals surface area (Å²) >= 11 is 0. The molecule has 0 atom stereocenters. The number of H-pyrrole nitrogens is 2. The van der Waals surface area contributed by atoms with Gasteiger partial charge in [-0.3, -0.25) is 0 Å². The zero-order chi connectivity index (χ0) is 12.5. The van der Waals surface area contributed by atoms with Crippen molar-refractivity contribution in [1.82, 2.24) is 20.3 Å². The van der Waals surface area contributed by atoms with Crippen molar-refractivity contribution >= 4 is 11.6 Å². The summed E-state index contributed by atoms with van der Waals surface area (Å²) in [7, 11) is 1.91. The molecular weight excluding hydrogens is 230 g/mol. The SMILES string of the molecule is CN(c1ccc[nH]1)c1nc(=O)[nH]c2c1CNCC2. The molecule has 0 unspecified atom stereocenters. The molecule has 0 saturated carbocycles. The van der Waals surface area contributed by atoms with Gasteiger partial charge in [-0.15, -0.1) is 0 Å². The standard InChI is InChI=1S/C12H15N5O/c1-17(10-3-2-5-14-10)11-8-7-13-6-4-9(8)15-12(18)16-11/h2-3,5,13-14H,4,6-7H2,1H3,(H,15,16,18). The van der Waals surface area contributed by atoms with E-state index in [0.717, 1.165) is 36.6 Å². The second-order valence-corrected chi connectivity index (χ2v) is 4.36. The molecule has 0 bridgehead atoms. The molecule has 0 radical (unpaired) electrons. The highest BCUT2D eigenvalue weighted by Gasteiger charge is 2.19. The van der Waals surface area contributed by atoms with E-state index < -0.39 is 0 Å². The molecule has 2 aromatic rings. The molecule has 3 N–H and O–H groups in total. The third-order valence-corrected chi connectivity index (χ3v) is 3.21. The number of hydrogen-bond donors (Lipinski definition) is 3. The van der Waals surface area contributed by atoms with Crippen molar-refractivity contribution in [3.63, 3.8) is 0 Å². The average Bonchev–Trinajstić information content (AvgIpc) is 2.90. The number of nitrogens with one attached hydrogen (secondary N) is 3. The Morgan fingerprint density at radius 3 is 3.11 bits per heavy atom. The predicted molar refractivity (Wildman–Crippen MR) is 69.1 cm³/mol. The summed E-state index contributed by atoms with van der Waals surface area (Å²) in [4.78, 5) is 23.6. The molecule has 1 aliphatic heterocycles. The van der Waals surface area contributed by atoms with Crippen LogP contribution in [0.3, 0.4) is 0 Å². The lowest BCUT2D eigenvalue weighted by Crippen LogP contribution is -2.31. The molecule has 2 aromatic heterocycles. The molecule has 0 aromatic carbocycles. The molecule has 0 fully saturated rings. The van der Waals surface area contributed by atoms with Gasteiger partial charge < -0.3 is 20.2 Å². The fraction of sp³-hybridized carbons (Fsp3) is 0.333. The van der Waals surface area contributed by atoms with E-state index in [0.29, 0.717) is 5.82 Å². The quantitative estimate of drug-likeness (QED) is 0.720. The fourth-order valence-corrected chi connectivity index (χ4v) is 2.28. The van der Waals surface area contributed by atoms with Crippen molar-refractivity contribution in [2.75, 3.05) is 18.5 Å². The average molecular weight is 245 g/mol. The van der Waals surface area contributed by atoms with Crippen LogP contribution in [0.2, 0.25) is 0 Å². The number of anilines is 2. The van der Waals surface area contributed by atoms with Gasteiger partial charge in [0.1, 0.15) is 11.6 Å². The molecule has 6 nitrogen and oxygen atoms in total. The molecule has 94 valence electrons. The highest BCUT2D eigenvalue weighted by molar-refractivity contribution is 5.59. The van der Waals surface area contributed by atoms with E-state index in [1.54, 1.807) is 0 Å². The summed E-state index contributed by atoms with van der Waals surface area (Å²) in [6.45, 7) is 1.62. The Hall–Kier alpha value is -2.08. The molecule has 0 saturated heterocycles. The van der Waals surface area contributed by atoms with Crippen molar-refractivity contribution in [2.24, 2.45) is 0 Å². The smallest absolute Gasteiger partial charge is 0.347 e. The number of aromatic nitrogens is 3. The van der Waals surface area contributed by atoms with Gasteiger partial charge in [-0.2, -0.15) is 4.98 Å². The van der Waals surface area contributed by atoms with E-state index in [1.165, 1.54) is 0 Å². The summed E-state index contributed by atoms with van der Waals surface area (Å²) in [5, 5.41) is 3.30. The van der Waals surface area contributed by atoms with Crippen LogP contribution in [0.5, 0.6) is 0 Å². The minimum absolute atomic E-state index is 0.288. The number of nitrogens with zero attached hydrogens (tertiary/aromatic N) is 2. The fourth-order valence-electron chi connectivity index (χ4n) is 2.28. The minimum Gasteiger partial charge on any atom is -0.348 e. The van der Waals surface area contributed by atoms with Crippen LogP contribution >= 0.6 is 0 Å². The Balaban J connectivity index is 2.11. The Morgan fingerprint density at radius 2 is 2.33 bits per heavy atom. The van der Waals surface area contributed by atoms with Gasteiger partial charge in [0.2, 0.25) is 0 Å². The zero-order valence-corrected chi connectivity index (χ0v) is 10.2. The van der Waals surface area contributed by atoms with Gasteiger partial charge in [-0.25, -0.2) is 4.79 Å². The minimum atomic E-state index is -0.288. The maximum Gasteiger partial charge on any atom is 0.347 e. The second kappa shape index (κ2) is 4.30. The Labute approximate surface area is 104 Å². The first kappa shape index (κ1) is 11.0. The van der Waals surface area contributed by atoms with Crippen molar-refractivity contribution in [3.05, 3.63) is 40.1 Å². The van der Waals surface area contributed by atoms with Crippen LogP contribution in [0.25, 0.3) is 0 Å². The van der Waals surface area contributed by atoms with Crippen LogP contribution in [0.4, 0.5) is 11.6 Å². The van der Waals surface area contributed by atoms with Gasteiger partial charge >= 0.3 is 5.69 Å². The predicted octanol–water partition coefficient (Wildman–Crippen LogP) is 0.512. The van der Waals surface area contributed by atoms with E-state index in [4.69, 9.17) is 0 Å². The van der Waals surface area contributed by atoms with Gasteiger partial charge in [-0.05, 0) is 12.1 Å². The van der Waals surface area contributed by atoms with Gasteiger partial charge in [0.25, 0.3) is 0 Å². The third kappa shape index (κ3) is 1.80. The van der Waals surface area contributed by atoms with Crippen molar-refractivity contribution < 1.29 is 0 Å². The molecule has 0 amide bonds. The topological polar surface area (TPSA) is 76.8 Å². The van der Waals surface area contributed by atoms with Crippen LogP contribution in [0, 0.1) is 0 Å². The van der Waals surface area contributed by atoms with Crippen LogP contribution in [-0.2, 0) is 13.0 Å². The van der Waals surface area contributed by atoms with Gasteiger partial charge in [0.15, 0.2) is 0 Å². The van der Waals surface area contributed by atoms with E-state index in [9.17, 15) is 4.79 Å². The molecule has 0 spiro atoms. The first-order chi connectivity index (χ1) is 8.75. The molecule has 0 aliphatic carbocycles. The van der Waals surface area contributed by atoms with Crippen molar-refractivity contribution in [2.45, 2.75) is 13.0 Å². The normalized spacial score (nSPS) is 14.3. The van der Waals surface area contributed by atoms with E-state index in [-0.39, 0.29) is 5.69 Å². The van der Waals surface area contributed by atoms with E-state index in [1.807, 2.05) is 30.3 Å². The summed E-state index contributed by atoms with van der Waals surface area (Å²) in [6, 6.07) is 3.87. The summed E-state index contributed by atoms with van der Waals surface area (Å²) in [5.74, 6) is 1.63. The summed E-state index contributed by atoms with van der Waals surface area (Å²) in [5.41, 5.74) is 1.77. The first-order valence-corrected chi connectivity index (χ1v) is 5.95. The van der Waals surface area contributed by atoms with E-state index in [2.05, 4.69) is 20.3 Å². The Kier molecular flexibility index (Phi) is 2.64. The number of hydrogen-bond acceptors (Lipinski definition) is 4. The maximum absolute atomic E-state index is 11.6. The zero-order valence-electron chi connectivity index (χ0n) is 10.2. The summed E-state index contributed by atoms with van der Waals surface area (Å²) < 4.78 is 0. The van der Waals surface area contributed by atoms with Gasteiger partial charge in [0.05, 0.1) is 0 Å². The number of aromatic amines is 2. The van der Waals surface area contributed by atoms with Crippen molar-refractivity contribution in [1.29, 1.82) is 0 Å². The lowest BCUT2D eigenvalue weighted by molar-refractivity contribution is 0.622. The molecular formula is C12H15N5O. The highest BCUT2D eigenvalue weighted by Crippen LogP contribution is 2.25. The largest absolute Gasteiger partial charge is 0.348 e. The second-order valence-electron chi connectivity index (χ2n) is 4.36. The first-order valence-electron chi connectivity index (χ1n) is 5.95. The Morgan fingerprint density at radius 1 is 1.44 bits per heavy atom. The molecule has 6 heteroatoms. The van der Waals surface area contributed by atoms with Crippen LogP contribution in [0.15, 0.2) is 23.1 Å². The number of fused-ring (bicyclic) bond motifs is 1. The summed E-state index contributed by atoms with van der Waals surface area (Å²) in [6.07, 6.45) is 2.68. The van der Waals surface area contributed by atoms with Crippen LogP contribution < -0.4 is 15.9 Å². The Bertz CT molecular complexity index is 601. The molecule has 18 heavy (non-hydrogen) atoms. The molecule has 3 heterocycles. The lowest BCUT2D eigenvalue weighted by atomic mass is 10.1. The number of rotatable bonds is 2. The van der Waals surface area contributed by atoms with E-state index >= 15 is 0 Å². The highest BCUT2D eigenvalue weighted by atomic mass is 16.1. The van der Waals surface area contributed by atoms with Crippen LogP contribution in [0.1, 0.15) is 11.3 Å². The monoisotopic (exact) mass is 245 g/mol. The molecule has 3 rings (SSSR count). The molecule has 1 aliphatic rings.